The summed E-state index contributed by atoms with van der Waals surface area (Å²) < 4.78 is 113. The number of hydrogen-bond donors (Lipinski definition) is 4. The van der Waals surface area contributed by atoms with Gasteiger partial charge in [-0.15, -0.1) is 0 Å². The number of ether oxygens (including phenoxy) is 8. The quantitative estimate of drug-likeness (QED) is 0.0513. The predicted octanol–water partition coefficient (Wildman–Crippen LogP) is 4.77. The number of nitrogens with zero attached hydrogens (tertiary/aromatic N) is 2. The molecule has 5 N–H and O–H groups in total. The van der Waals surface area contributed by atoms with Crippen LogP contribution in [0.1, 0.15) is 59.2 Å². The fraction of sp³-hybridized carbons (Fsp3) is 0.290. The van der Waals surface area contributed by atoms with Gasteiger partial charge in [0.25, 0.3) is 17.0 Å². The molecule has 2 aromatic heterocycles. The van der Waals surface area contributed by atoms with Crippen molar-refractivity contribution in [3.8, 4) is 23.0 Å². The number of alkyl halides is 4. The van der Waals surface area contributed by atoms with Crippen LogP contribution in [0, 0.1) is 0 Å². The number of benzene rings is 6. The number of methoxy groups -OCH3 is 4. The van der Waals surface area contributed by atoms with E-state index >= 15 is 17.6 Å². The van der Waals surface area contributed by atoms with Gasteiger partial charge in [0.1, 0.15) is 40.8 Å². The molecule has 0 amide bonds. The molecule has 0 radical (unpaired) electrons. The maximum atomic E-state index is 16.6. The topological polar surface area (TPSA) is 254 Å². The van der Waals surface area contributed by atoms with Gasteiger partial charge in [-0.25, -0.2) is 27.2 Å². The maximum absolute atomic E-state index is 16.6. The summed E-state index contributed by atoms with van der Waals surface area (Å²) in [4.78, 5) is 52.2. The molecule has 8 aromatic rings. The minimum Gasteiger partial charge on any atom is -0.870 e. The first kappa shape index (κ1) is 68.1. The molecule has 6 aromatic carbocycles. The van der Waals surface area contributed by atoms with Gasteiger partial charge in [0.15, 0.2) is 37.0 Å². The number of rotatable bonds is 18. The Morgan fingerprint density at radius 1 is 0.488 bits per heavy atom. The molecule has 2 saturated heterocycles. The van der Waals surface area contributed by atoms with Crippen LogP contribution < -0.4 is 92.8 Å². The number of nitrogens with one attached hydrogen (secondary N) is 2. The molecule has 10 rings (SSSR count). The van der Waals surface area contributed by atoms with Gasteiger partial charge in [-0.3, -0.25) is 28.7 Å². The molecule has 0 saturated carbocycles. The van der Waals surface area contributed by atoms with Crippen LogP contribution >= 0.6 is 0 Å². The second-order valence-electron chi connectivity index (χ2n) is 19.1. The molecular weight excluding hydrogens is 1160 g/mol. The molecule has 24 heteroatoms. The number of aliphatic hydroxyl groups is 2. The fourth-order valence-corrected chi connectivity index (χ4v) is 10.3. The largest absolute Gasteiger partial charge is 1.00 e. The zero-order valence-corrected chi connectivity index (χ0v) is 51.0. The van der Waals surface area contributed by atoms with Crippen LogP contribution in [0.4, 0.5) is 17.6 Å². The molecule has 450 valence electrons. The van der Waals surface area contributed by atoms with E-state index in [2.05, 4.69) is 4.98 Å². The van der Waals surface area contributed by atoms with E-state index in [0.29, 0.717) is 60.9 Å². The van der Waals surface area contributed by atoms with Gasteiger partial charge < -0.3 is 53.6 Å². The molecule has 4 heterocycles. The first-order chi connectivity index (χ1) is 40.5. The molecule has 0 aliphatic carbocycles. The summed E-state index contributed by atoms with van der Waals surface area (Å²) in [7, 11) is 7.11. The van der Waals surface area contributed by atoms with Crippen LogP contribution in [0.15, 0.2) is 201 Å². The summed E-state index contributed by atoms with van der Waals surface area (Å²) in [5.41, 5.74) is -3.24. The number of aliphatic hydroxyl groups excluding tert-OH is 2. The minimum atomic E-state index is -3.07. The molecule has 0 bridgehead atoms. The SMILES string of the molecule is CC[C@@]1(F)O[C@@H](n2ccc(=O)[nH]c2=O)[C@H](F)[C@@H]1OC(c1ccccc1)(c1ccc(OC)cc1)c1ccc(OC)cc1.CO.COc1ccc(C(O[C@H]2[C@@H](F)[C@H](n3ccc(=O)[nH]c3=O)O[C@]2(F)CO)(c2ccccc2)c2ccc(OC)cc2)cc1.[K+].[OH-]. The Bertz CT molecular complexity index is 3340. The van der Waals surface area contributed by atoms with Crippen LogP contribution in [0.3, 0.4) is 0 Å². The Morgan fingerprint density at radius 2 is 0.767 bits per heavy atom. The number of hydrogen-bond acceptors (Lipinski definition) is 15. The van der Waals surface area contributed by atoms with Gasteiger partial charge in [-0.1, -0.05) is 116 Å². The normalized spacial score (nSPS) is 21.4. The zero-order chi connectivity index (χ0) is 60.4. The molecule has 2 fully saturated rings. The maximum Gasteiger partial charge on any atom is 1.00 e. The van der Waals surface area contributed by atoms with Gasteiger partial charge in [0, 0.05) is 38.1 Å². The Hall–Kier alpha value is -7.04. The average molecular weight is 1220 g/mol. The Labute approximate surface area is 533 Å². The first-order valence-corrected chi connectivity index (χ1v) is 26.3. The van der Waals surface area contributed by atoms with E-state index in [1.807, 2.05) is 35.3 Å². The Balaban J connectivity index is 0.000000262. The summed E-state index contributed by atoms with van der Waals surface area (Å²) in [6.07, 6.45) is -10.00. The second kappa shape index (κ2) is 29.6. The van der Waals surface area contributed by atoms with Crippen molar-refractivity contribution in [1.82, 2.24) is 19.1 Å². The molecular formula is C62H63F4KN4O15. The van der Waals surface area contributed by atoms with Crippen molar-refractivity contribution in [2.75, 3.05) is 42.2 Å². The van der Waals surface area contributed by atoms with Crippen LogP contribution in [0.25, 0.3) is 0 Å². The van der Waals surface area contributed by atoms with E-state index in [4.69, 9.17) is 43.0 Å². The standard InChI is InChI=1S/C31H30F2N2O6.C30H28F2N2O7.CH4O.K.H2O/c1-4-30(33)27(26(32)28(41-30)35-19-18-25(36)34-29(35)37)40-31(20-8-6-5-7-9-20,21-10-14-23(38-2)15-11-21)22-12-16-24(39-3)17-13-22;1-38-22-12-8-20(9-13-22)30(19-6-4-3-5-7-19,21-10-14-23(39-2)15-11-21)40-26-25(31)27(41-29(26,32)18-35)34-17-16-24(36)33-28(34)37;1-2;;/h5-19,26-28H,4H2,1-3H3,(H,34,36,37);3-17,25-27,35H,18H2,1-2H3,(H,33,36,37);2H,1H3;;1H2/q;;;+1;/p-1/t26-,27+,28-,30-;25-,26+,27-,29-;;;/m11.../s1. The third-order valence-corrected chi connectivity index (χ3v) is 14.5. The fourth-order valence-electron chi connectivity index (χ4n) is 10.3. The summed E-state index contributed by atoms with van der Waals surface area (Å²) in [6.45, 7) is 0.231. The zero-order valence-electron chi connectivity index (χ0n) is 47.8. The van der Waals surface area contributed by atoms with E-state index in [0.717, 1.165) is 36.2 Å². The monoisotopic (exact) mass is 1220 g/mol. The van der Waals surface area contributed by atoms with E-state index in [1.165, 1.54) is 21.1 Å². The summed E-state index contributed by atoms with van der Waals surface area (Å²) >= 11 is 0. The van der Waals surface area contributed by atoms with E-state index in [-0.39, 0.29) is 63.3 Å². The molecule has 2 aliphatic heterocycles. The third-order valence-electron chi connectivity index (χ3n) is 14.5. The predicted molar refractivity (Wildman–Crippen MR) is 302 cm³/mol. The van der Waals surface area contributed by atoms with Crippen LogP contribution in [0.5, 0.6) is 23.0 Å². The van der Waals surface area contributed by atoms with Crippen LogP contribution in [-0.2, 0) is 30.1 Å². The van der Waals surface area contributed by atoms with E-state index < -0.39 is 89.0 Å². The smallest absolute Gasteiger partial charge is 0.870 e. The van der Waals surface area contributed by atoms with E-state index in [1.54, 1.807) is 142 Å². The third kappa shape index (κ3) is 13.6. The Kier molecular flexibility index (Phi) is 23.4. The van der Waals surface area contributed by atoms with Crippen molar-refractivity contribution in [3.63, 3.8) is 0 Å². The van der Waals surface area contributed by atoms with Gasteiger partial charge in [-0.2, -0.15) is 0 Å². The van der Waals surface area contributed by atoms with Gasteiger partial charge in [0.2, 0.25) is 5.85 Å². The van der Waals surface area contributed by atoms with Crippen molar-refractivity contribution in [2.45, 2.75) is 73.3 Å². The van der Waals surface area contributed by atoms with Gasteiger partial charge in [-0.05, 0) is 81.9 Å². The van der Waals surface area contributed by atoms with Crippen LogP contribution in [-0.4, -0.2) is 113 Å². The van der Waals surface area contributed by atoms with Crippen molar-refractivity contribution >= 4 is 0 Å². The number of aromatic nitrogens is 4. The number of H-pyrrole nitrogens is 2. The van der Waals surface area contributed by atoms with Gasteiger partial charge in [0.05, 0.1) is 28.4 Å². The number of aromatic amines is 2. The molecule has 0 spiro atoms. The molecule has 8 atom stereocenters. The van der Waals surface area contributed by atoms with Gasteiger partial charge >= 0.3 is 62.8 Å². The molecule has 2 aliphatic rings. The van der Waals surface area contributed by atoms with Crippen molar-refractivity contribution in [3.05, 3.63) is 257 Å². The van der Waals surface area contributed by atoms with Crippen molar-refractivity contribution in [1.29, 1.82) is 0 Å². The van der Waals surface area contributed by atoms with Crippen molar-refractivity contribution in [2.24, 2.45) is 0 Å². The molecule has 86 heavy (non-hydrogen) atoms. The van der Waals surface area contributed by atoms with E-state index in [9.17, 15) is 24.3 Å². The summed E-state index contributed by atoms with van der Waals surface area (Å²) in [5.74, 6) is -3.43. The Morgan fingerprint density at radius 3 is 1.03 bits per heavy atom. The molecule has 0 unspecified atom stereocenters. The summed E-state index contributed by atoms with van der Waals surface area (Å²) in [6, 6.07) is 47.6. The first-order valence-electron chi connectivity index (χ1n) is 26.3. The summed E-state index contributed by atoms with van der Waals surface area (Å²) in [5, 5.41) is 17.1. The number of halogens is 4. The van der Waals surface area contributed by atoms with Crippen molar-refractivity contribution < 1.29 is 123 Å². The minimum absolute atomic E-state index is 0. The van der Waals surface area contributed by atoms with Crippen LogP contribution in [0.2, 0.25) is 0 Å². The second-order valence-corrected chi connectivity index (χ2v) is 19.1. The molecule has 19 nitrogen and oxygen atoms in total. The average Bonchev–Trinajstić information content (AvgIpc) is 1.44.